The van der Waals surface area contributed by atoms with Gasteiger partial charge in [0.05, 0.1) is 17.6 Å². The molecule has 1 amide bonds. The summed E-state index contributed by atoms with van der Waals surface area (Å²) in [5, 5.41) is 13.2. The second kappa shape index (κ2) is 13.0. The molecule has 0 aromatic heterocycles. The maximum Gasteiger partial charge on any atom is 0.409 e. The van der Waals surface area contributed by atoms with E-state index in [0.29, 0.717) is 25.4 Å². The third-order valence-corrected chi connectivity index (χ3v) is 4.77. The van der Waals surface area contributed by atoms with Gasteiger partial charge in [-0.2, -0.15) is 0 Å². The average Bonchev–Trinajstić information content (AvgIpc) is 2.66. The SMILES string of the molecule is CCOC(=O)N1CCC(NC(N)=NCC(O)COc2ccccc2Br)CC1.I. The number of guanidine groups is 1. The zero-order valence-electron chi connectivity index (χ0n) is 15.8. The summed E-state index contributed by atoms with van der Waals surface area (Å²) in [5.41, 5.74) is 5.90. The molecule has 8 nitrogen and oxygen atoms in total. The highest BCUT2D eigenvalue weighted by Crippen LogP contribution is 2.23. The van der Waals surface area contributed by atoms with Crippen molar-refractivity contribution in [3.63, 3.8) is 0 Å². The van der Waals surface area contributed by atoms with Gasteiger partial charge in [-0.3, -0.25) is 4.99 Å². The van der Waals surface area contributed by atoms with E-state index in [4.69, 9.17) is 15.2 Å². The largest absolute Gasteiger partial charge is 0.490 e. The van der Waals surface area contributed by atoms with Gasteiger partial charge in [-0.05, 0) is 47.8 Å². The lowest BCUT2D eigenvalue weighted by Crippen LogP contribution is -2.48. The molecule has 158 valence electrons. The number of halogens is 2. The van der Waals surface area contributed by atoms with Crippen molar-refractivity contribution in [1.29, 1.82) is 0 Å². The van der Waals surface area contributed by atoms with Crippen molar-refractivity contribution in [1.82, 2.24) is 10.2 Å². The molecule has 0 spiro atoms. The lowest BCUT2D eigenvalue weighted by Gasteiger charge is -2.31. The maximum absolute atomic E-state index is 11.7. The summed E-state index contributed by atoms with van der Waals surface area (Å²) in [5.74, 6) is 0.949. The number of para-hydroxylation sites is 1. The molecular weight excluding hydrogens is 543 g/mol. The van der Waals surface area contributed by atoms with E-state index in [9.17, 15) is 9.90 Å². The van der Waals surface area contributed by atoms with Crippen LogP contribution in [0.4, 0.5) is 4.79 Å². The van der Waals surface area contributed by atoms with Crippen LogP contribution in [0.2, 0.25) is 0 Å². The third-order valence-electron chi connectivity index (χ3n) is 4.11. The number of aliphatic hydroxyl groups is 1. The number of piperidine rings is 1. The van der Waals surface area contributed by atoms with E-state index >= 15 is 0 Å². The number of benzene rings is 1. The van der Waals surface area contributed by atoms with E-state index in [0.717, 1.165) is 17.3 Å². The summed E-state index contributed by atoms with van der Waals surface area (Å²) in [6.07, 6.45) is 0.500. The number of carbonyl (C=O) groups is 1. The van der Waals surface area contributed by atoms with Crippen molar-refractivity contribution in [3.8, 4) is 5.75 Å². The summed E-state index contributed by atoms with van der Waals surface area (Å²) < 4.78 is 11.4. The number of hydrogen-bond acceptors (Lipinski definition) is 5. The molecule has 10 heteroatoms. The minimum absolute atomic E-state index is 0. The normalized spacial score (nSPS) is 16.1. The van der Waals surface area contributed by atoms with Crippen molar-refractivity contribution in [2.24, 2.45) is 10.7 Å². The van der Waals surface area contributed by atoms with Crippen molar-refractivity contribution >= 4 is 52.0 Å². The van der Waals surface area contributed by atoms with Gasteiger partial charge < -0.3 is 30.5 Å². The number of ether oxygens (including phenoxy) is 2. The number of aliphatic imine (C=N–C) groups is 1. The van der Waals surface area contributed by atoms with Crippen LogP contribution in [0.3, 0.4) is 0 Å². The molecular formula is C18H28BrIN4O4. The standard InChI is InChI=1S/C18H27BrN4O4.HI/c1-2-26-18(25)23-9-7-13(8-10-23)22-17(20)21-11-14(24)12-27-16-6-4-3-5-15(16)19;/h3-6,13-14,24H,2,7-12H2,1H3,(H3,20,21,22);1H. The number of nitrogens with zero attached hydrogens (tertiary/aromatic N) is 2. The fourth-order valence-electron chi connectivity index (χ4n) is 2.68. The molecule has 28 heavy (non-hydrogen) atoms. The molecule has 0 saturated carbocycles. The number of amides is 1. The zero-order valence-corrected chi connectivity index (χ0v) is 19.8. The van der Waals surface area contributed by atoms with Gasteiger partial charge in [-0.25, -0.2) is 4.79 Å². The Morgan fingerprint density at radius 3 is 2.75 bits per heavy atom. The quantitative estimate of drug-likeness (QED) is 0.264. The summed E-state index contributed by atoms with van der Waals surface area (Å²) in [7, 11) is 0. The first-order valence-corrected chi connectivity index (χ1v) is 9.82. The lowest BCUT2D eigenvalue weighted by molar-refractivity contribution is 0.0962. The van der Waals surface area contributed by atoms with Gasteiger partial charge >= 0.3 is 6.09 Å². The second-order valence-electron chi connectivity index (χ2n) is 6.23. The van der Waals surface area contributed by atoms with Gasteiger partial charge in [-0.1, -0.05) is 12.1 Å². The van der Waals surface area contributed by atoms with Crippen LogP contribution in [0.25, 0.3) is 0 Å². The number of likely N-dealkylation sites (tertiary alicyclic amines) is 1. The van der Waals surface area contributed by atoms with Gasteiger partial charge in [-0.15, -0.1) is 24.0 Å². The number of carbonyl (C=O) groups excluding carboxylic acids is 1. The highest BCUT2D eigenvalue weighted by molar-refractivity contribution is 14.0. The van der Waals surface area contributed by atoms with Crippen LogP contribution in [0, 0.1) is 0 Å². The predicted molar refractivity (Wildman–Crippen MR) is 122 cm³/mol. The topological polar surface area (TPSA) is 109 Å². The van der Waals surface area contributed by atoms with Crippen LogP contribution >= 0.6 is 39.9 Å². The first kappa shape index (κ1) is 24.8. The predicted octanol–water partition coefficient (Wildman–Crippen LogP) is 2.33. The lowest BCUT2D eigenvalue weighted by atomic mass is 10.1. The van der Waals surface area contributed by atoms with Crippen LogP contribution in [0.15, 0.2) is 33.7 Å². The second-order valence-corrected chi connectivity index (χ2v) is 7.08. The van der Waals surface area contributed by atoms with Gasteiger partial charge in [0.25, 0.3) is 0 Å². The van der Waals surface area contributed by atoms with Gasteiger partial charge in [0.1, 0.15) is 18.5 Å². The maximum atomic E-state index is 11.7. The molecule has 1 saturated heterocycles. The summed E-state index contributed by atoms with van der Waals surface area (Å²) in [6, 6.07) is 7.59. The molecule has 2 rings (SSSR count). The van der Waals surface area contributed by atoms with E-state index in [1.54, 1.807) is 11.8 Å². The fourth-order valence-corrected chi connectivity index (χ4v) is 3.08. The van der Waals surface area contributed by atoms with Crippen LogP contribution in [-0.2, 0) is 4.74 Å². The minimum Gasteiger partial charge on any atom is -0.490 e. The van der Waals surface area contributed by atoms with E-state index in [2.05, 4.69) is 26.2 Å². The average molecular weight is 571 g/mol. The molecule has 0 radical (unpaired) electrons. The molecule has 1 aliphatic heterocycles. The van der Waals surface area contributed by atoms with Gasteiger partial charge in [0.2, 0.25) is 0 Å². The van der Waals surface area contributed by atoms with Crippen LogP contribution in [-0.4, -0.2) is 67.1 Å². The van der Waals surface area contributed by atoms with Crippen molar-refractivity contribution in [2.45, 2.75) is 31.9 Å². The van der Waals surface area contributed by atoms with E-state index in [-0.39, 0.29) is 55.2 Å². The highest BCUT2D eigenvalue weighted by atomic mass is 127. The van der Waals surface area contributed by atoms with E-state index in [1.165, 1.54) is 0 Å². The Balaban J connectivity index is 0.00000392. The van der Waals surface area contributed by atoms with Gasteiger partial charge in [0, 0.05) is 19.1 Å². The molecule has 1 aromatic carbocycles. The molecule has 0 aliphatic carbocycles. The monoisotopic (exact) mass is 570 g/mol. The number of nitrogens with two attached hydrogens (primary N) is 1. The summed E-state index contributed by atoms with van der Waals surface area (Å²) in [4.78, 5) is 17.5. The first-order chi connectivity index (χ1) is 13.0. The van der Waals surface area contributed by atoms with E-state index < -0.39 is 6.10 Å². The molecule has 1 unspecified atom stereocenters. The summed E-state index contributed by atoms with van der Waals surface area (Å²) >= 11 is 3.39. The van der Waals surface area contributed by atoms with Gasteiger partial charge in [0.15, 0.2) is 5.96 Å². The Bertz CT molecular complexity index is 642. The molecule has 1 fully saturated rings. The van der Waals surface area contributed by atoms with Crippen LogP contribution in [0.5, 0.6) is 5.75 Å². The smallest absolute Gasteiger partial charge is 0.409 e. The molecule has 1 heterocycles. The Morgan fingerprint density at radius 2 is 2.11 bits per heavy atom. The van der Waals surface area contributed by atoms with Crippen molar-refractivity contribution in [3.05, 3.63) is 28.7 Å². The molecule has 1 aliphatic rings. The molecule has 4 N–H and O–H groups in total. The van der Waals surface area contributed by atoms with Crippen molar-refractivity contribution < 1.29 is 19.4 Å². The molecule has 1 aromatic rings. The summed E-state index contributed by atoms with van der Waals surface area (Å²) in [6.45, 7) is 3.67. The molecule has 1 atom stereocenters. The van der Waals surface area contributed by atoms with Crippen molar-refractivity contribution in [2.75, 3.05) is 32.8 Å². The minimum atomic E-state index is -0.761. The van der Waals surface area contributed by atoms with Crippen LogP contribution < -0.4 is 15.8 Å². The Labute approximate surface area is 191 Å². The number of aliphatic hydroxyl groups excluding tert-OH is 1. The van der Waals surface area contributed by atoms with Crippen LogP contribution in [0.1, 0.15) is 19.8 Å². The number of nitrogens with one attached hydrogen (secondary N) is 1. The fraction of sp³-hybridized carbons (Fsp3) is 0.556. The zero-order chi connectivity index (χ0) is 19.6. The number of rotatable bonds is 7. The molecule has 0 bridgehead atoms. The number of hydrogen-bond donors (Lipinski definition) is 3. The van der Waals surface area contributed by atoms with E-state index in [1.807, 2.05) is 24.3 Å². The Morgan fingerprint density at radius 1 is 1.43 bits per heavy atom. The third kappa shape index (κ3) is 8.39. The Hall–Kier alpha value is -1.27. The first-order valence-electron chi connectivity index (χ1n) is 9.03. The Kier molecular flexibility index (Phi) is 11.5. The highest BCUT2D eigenvalue weighted by Gasteiger charge is 2.23.